The molecule has 2 amide bonds. The van der Waals surface area contributed by atoms with Crippen LogP contribution < -0.4 is 5.73 Å². The van der Waals surface area contributed by atoms with E-state index >= 15 is 0 Å². The summed E-state index contributed by atoms with van der Waals surface area (Å²) in [6, 6.07) is 4.72. The molecule has 7 heteroatoms. The second-order valence-corrected chi connectivity index (χ2v) is 4.36. The van der Waals surface area contributed by atoms with Crippen molar-refractivity contribution in [3.8, 4) is 0 Å². The summed E-state index contributed by atoms with van der Waals surface area (Å²) in [5.74, 6) is -0.844. The highest BCUT2D eigenvalue weighted by atomic mass is 16.6. The summed E-state index contributed by atoms with van der Waals surface area (Å²) >= 11 is 0. The van der Waals surface area contributed by atoms with Gasteiger partial charge in [-0.3, -0.25) is 19.7 Å². The molecule has 0 radical (unpaired) electrons. The number of nitrogens with two attached hydrogens (primary N) is 1. The summed E-state index contributed by atoms with van der Waals surface area (Å²) in [4.78, 5) is 34.8. The first-order valence-corrected chi connectivity index (χ1v) is 5.85. The van der Waals surface area contributed by atoms with Crippen LogP contribution in [-0.2, 0) is 4.79 Å². The van der Waals surface area contributed by atoms with E-state index in [0.717, 1.165) is 6.42 Å². The molecule has 7 nitrogen and oxygen atoms in total. The van der Waals surface area contributed by atoms with Gasteiger partial charge in [0.25, 0.3) is 11.6 Å². The van der Waals surface area contributed by atoms with Crippen molar-refractivity contribution in [2.24, 2.45) is 5.73 Å². The van der Waals surface area contributed by atoms with Crippen LogP contribution in [-0.4, -0.2) is 34.2 Å². The highest BCUT2D eigenvalue weighted by Gasteiger charge is 2.33. The number of likely N-dealkylation sites (tertiary alicyclic amines) is 1. The Morgan fingerprint density at radius 3 is 2.47 bits per heavy atom. The highest BCUT2D eigenvalue weighted by molar-refractivity contribution is 5.97. The van der Waals surface area contributed by atoms with Crippen molar-refractivity contribution in [2.45, 2.75) is 18.9 Å². The Bertz CT molecular complexity index is 526. The molecule has 1 fully saturated rings. The van der Waals surface area contributed by atoms with E-state index in [1.807, 2.05) is 0 Å². The molecular formula is C12H13N3O4. The van der Waals surface area contributed by atoms with Gasteiger partial charge in [0.2, 0.25) is 5.91 Å². The van der Waals surface area contributed by atoms with Crippen molar-refractivity contribution in [2.75, 3.05) is 6.54 Å². The molecule has 1 saturated heterocycles. The first kappa shape index (κ1) is 13.0. The van der Waals surface area contributed by atoms with E-state index in [-0.39, 0.29) is 11.6 Å². The lowest BCUT2D eigenvalue weighted by molar-refractivity contribution is -0.384. The summed E-state index contributed by atoms with van der Waals surface area (Å²) in [6.07, 6.45) is 1.29. The Morgan fingerprint density at radius 1 is 1.32 bits per heavy atom. The summed E-state index contributed by atoms with van der Waals surface area (Å²) < 4.78 is 0. The number of rotatable bonds is 3. The van der Waals surface area contributed by atoms with Gasteiger partial charge in [0, 0.05) is 24.2 Å². The summed E-state index contributed by atoms with van der Waals surface area (Å²) in [5.41, 5.74) is 5.48. The molecule has 2 N–H and O–H groups in total. The third-order valence-electron chi connectivity index (χ3n) is 3.17. The maximum absolute atomic E-state index is 12.2. The van der Waals surface area contributed by atoms with Gasteiger partial charge >= 0.3 is 0 Å². The predicted octanol–water partition coefficient (Wildman–Crippen LogP) is 0.685. The zero-order chi connectivity index (χ0) is 14.0. The van der Waals surface area contributed by atoms with Crippen LogP contribution in [0.3, 0.4) is 0 Å². The number of hydrogen-bond donors (Lipinski definition) is 1. The van der Waals surface area contributed by atoms with Crippen LogP contribution in [0.5, 0.6) is 0 Å². The minimum atomic E-state index is -0.581. The van der Waals surface area contributed by atoms with Gasteiger partial charge in [-0.25, -0.2) is 0 Å². The van der Waals surface area contributed by atoms with Gasteiger partial charge in [-0.1, -0.05) is 0 Å². The van der Waals surface area contributed by atoms with Gasteiger partial charge in [-0.15, -0.1) is 0 Å². The topological polar surface area (TPSA) is 107 Å². The fourth-order valence-electron chi connectivity index (χ4n) is 2.20. The standard InChI is InChI=1S/C12H13N3O4/c13-11(16)10-2-1-7-14(10)12(17)8-3-5-9(6-4-8)15(18)19/h3-6,10H,1-2,7H2,(H2,13,16). The van der Waals surface area contributed by atoms with Crippen molar-refractivity contribution in [1.29, 1.82) is 0 Å². The quantitative estimate of drug-likeness (QED) is 0.639. The molecule has 1 aromatic carbocycles. The van der Waals surface area contributed by atoms with E-state index in [0.29, 0.717) is 18.5 Å². The van der Waals surface area contributed by atoms with E-state index in [1.54, 1.807) is 0 Å². The molecule has 0 aliphatic carbocycles. The first-order valence-electron chi connectivity index (χ1n) is 5.85. The molecule has 19 heavy (non-hydrogen) atoms. The number of nitrogens with zero attached hydrogens (tertiary/aromatic N) is 2. The van der Waals surface area contributed by atoms with E-state index < -0.39 is 16.9 Å². The van der Waals surface area contributed by atoms with Crippen molar-refractivity contribution in [3.63, 3.8) is 0 Å². The van der Waals surface area contributed by atoms with Crippen LogP contribution in [0.25, 0.3) is 0 Å². The molecular weight excluding hydrogens is 250 g/mol. The fourth-order valence-corrected chi connectivity index (χ4v) is 2.20. The second kappa shape index (κ2) is 5.05. The maximum atomic E-state index is 12.2. The smallest absolute Gasteiger partial charge is 0.269 e. The summed E-state index contributed by atoms with van der Waals surface area (Å²) in [5, 5.41) is 10.5. The van der Waals surface area contributed by atoms with Gasteiger partial charge in [0.1, 0.15) is 6.04 Å². The Morgan fingerprint density at radius 2 is 1.95 bits per heavy atom. The number of nitro benzene ring substituents is 1. The molecule has 0 spiro atoms. The Kier molecular flexibility index (Phi) is 3.46. The third-order valence-corrected chi connectivity index (χ3v) is 3.17. The SMILES string of the molecule is NC(=O)C1CCCN1C(=O)c1ccc([N+](=O)[O-])cc1. The Hall–Kier alpha value is -2.44. The van der Waals surface area contributed by atoms with E-state index in [9.17, 15) is 19.7 Å². The average Bonchev–Trinajstić information content (AvgIpc) is 2.87. The second-order valence-electron chi connectivity index (χ2n) is 4.36. The molecule has 0 bridgehead atoms. The van der Waals surface area contributed by atoms with Crippen LogP contribution in [0.1, 0.15) is 23.2 Å². The predicted molar refractivity (Wildman–Crippen MR) is 66.3 cm³/mol. The molecule has 1 aromatic rings. The minimum Gasteiger partial charge on any atom is -0.368 e. The lowest BCUT2D eigenvalue weighted by Crippen LogP contribution is -2.43. The molecule has 1 heterocycles. The largest absolute Gasteiger partial charge is 0.368 e. The molecule has 1 aliphatic heterocycles. The van der Waals surface area contributed by atoms with Gasteiger partial charge in [0.15, 0.2) is 0 Å². The van der Waals surface area contributed by atoms with E-state index in [1.165, 1.54) is 29.2 Å². The molecule has 2 rings (SSSR count). The fraction of sp³-hybridized carbons (Fsp3) is 0.333. The first-order chi connectivity index (χ1) is 9.00. The average molecular weight is 263 g/mol. The number of primary amides is 1. The Labute approximate surface area is 109 Å². The van der Waals surface area contributed by atoms with Crippen molar-refractivity contribution in [3.05, 3.63) is 39.9 Å². The number of amides is 2. The number of carbonyl (C=O) groups excluding carboxylic acids is 2. The summed E-state index contributed by atoms with van der Waals surface area (Å²) in [6.45, 7) is 0.476. The zero-order valence-corrected chi connectivity index (χ0v) is 10.1. The molecule has 100 valence electrons. The van der Waals surface area contributed by atoms with E-state index in [2.05, 4.69) is 0 Å². The molecule has 0 saturated carbocycles. The van der Waals surface area contributed by atoms with Gasteiger partial charge in [-0.2, -0.15) is 0 Å². The lowest BCUT2D eigenvalue weighted by atomic mass is 10.1. The van der Waals surface area contributed by atoms with Crippen LogP contribution in [0, 0.1) is 10.1 Å². The number of carbonyl (C=O) groups is 2. The van der Waals surface area contributed by atoms with Crippen molar-refractivity contribution < 1.29 is 14.5 Å². The monoisotopic (exact) mass is 263 g/mol. The minimum absolute atomic E-state index is 0.0792. The zero-order valence-electron chi connectivity index (χ0n) is 10.1. The van der Waals surface area contributed by atoms with Crippen LogP contribution in [0.2, 0.25) is 0 Å². The molecule has 1 unspecified atom stereocenters. The number of benzene rings is 1. The van der Waals surface area contributed by atoms with Crippen molar-refractivity contribution in [1.82, 2.24) is 4.90 Å². The molecule has 0 aromatic heterocycles. The van der Waals surface area contributed by atoms with E-state index in [4.69, 9.17) is 5.73 Å². The summed E-state index contributed by atoms with van der Waals surface area (Å²) in [7, 11) is 0. The van der Waals surface area contributed by atoms with Crippen LogP contribution in [0.4, 0.5) is 5.69 Å². The third kappa shape index (κ3) is 2.54. The number of hydrogen-bond acceptors (Lipinski definition) is 4. The van der Waals surface area contributed by atoms with Gasteiger partial charge < -0.3 is 10.6 Å². The highest BCUT2D eigenvalue weighted by Crippen LogP contribution is 2.21. The lowest BCUT2D eigenvalue weighted by Gasteiger charge is -2.22. The molecule has 1 atom stereocenters. The Balaban J connectivity index is 2.19. The number of non-ortho nitro benzene ring substituents is 1. The van der Waals surface area contributed by atoms with Gasteiger partial charge in [0.05, 0.1) is 4.92 Å². The maximum Gasteiger partial charge on any atom is 0.269 e. The molecule has 1 aliphatic rings. The van der Waals surface area contributed by atoms with Crippen LogP contribution in [0.15, 0.2) is 24.3 Å². The normalized spacial score (nSPS) is 18.3. The van der Waals surface area contributed by atoms with Crippen molar-refractivity contribution >= 4 is 17.5 Å². The van der Waals surface area contributed by atoms with Crippen LogP contribution >= 0.6 is 0 Å². The van der Waals surface area contributed by atoms with Gasteiger partial charge in [-0.05, 0) is 25.0 Å². The number of nitro groups is 1.